The van der Waals surface area contributed by atoms with Crippen molar-refractivity contribution in [1.82, 2.24) is 15.7 Å². The summed E-state index contributed by atoms with van der Waals surface area (Å²) in [5, 5.41) is 4.13. The second-order valence-corrected chi connectivity index (χ2v) is 4.16. The molecule has 0 spiro atoms. The normalized spacial score (nSPS) is 13.9. The molecule has 1 rings (SSSR count). The quantitative estimate of drug-likeness (QED) is 0.290. The first-order valence-corrected chi connectivity index (χ1v) is 5.11. The molecule has 0 aliphatic heterocycles. The largest absolute Gasteiger partial charge is 0.346 e. The maximum Gasteiger partial charge on any atom is 0.206 e. The van der Waals surface area contributed by atoms with Crippen molar-refractivity contribution in [1.29, 1.82) is 0 Å². The van der Waals surface area contributed by atoms with E-state index in [2.05, 4.69) is 20.7 Å². The number of hydrogen-bond donors (Lipinski definition) is 3. The summed E-state index contributed by atoms with van der Waals surface area (Å²) in [7, 11) is 1.67. The summed E-state index contributed by atoms with van der Waals surface area (Å²) in [6.45, 7) is 4.05. The molecule has 5 nitrogen and oxygen atoms in total. The van der Waals surface area contributed by atoms with Gasteiger partial charge in [-0.15, -0.1) is 11.3 Å². The molecule has 1 atom stereocenters. The van der Waals surface area contributed by atoms with Gasteiger partial charge in [0.2, 0.25) is 5.96 Å². The zero-order chi connectivity index (χ0) is 10.6. The first-order valence-electron chi connectivity index (χ1n) is 4.29. The van der Waals surface area contributed by atoms with Gasteiger partial charge < -0.3 is 5.32 Å². The molecule has 0 amide bonds. The molecule has 0 fully saturated rings. The Kier molecular flexibility index (Phi) is 3.84. The Morgan fingerprint density at radius 1 is 1.71 bits per heavy atom. The van der Waals surface area contributed by atoms with Crippen molar-refractivity contribution in [3.05, 3.63) is 16.1 Å². The summed E-state index contributed by atoms with van der Waals surface area (Å²) in [6.07, 6.45) is 1.86. The Morgan fingerprint density at radius 3 is 2.86 bits per heavy atom. The van der Waals surface area contributed by atoms with Crippen LogP contribution >= 0.6 is 11.3 Å². The predicted molar refractivity (Wildman–Crippen MR) is 59.1 cm³/mol. The molecule has 0 aliphatic rings. The molecule has 14 heavy (non-hydrogen) atoms. The monoisotopic (exact) mass is 213 g/mol. The fourth-order valence-electron chi connectivity index (χ4n) is 1.01. The number of aliphatic imine (C=N–C) groups is 1. The van der Waals surface area contributed by atoms with E-state index in [4.69, 9.17) is 5.84 Å². The second-order valence-electron chi connectivity index (χ2n) is 2.89. The molecular formula is C8H15N5S. The Bertz CT molecular complexity index is 319. The summed E-state index contributed by atoms with van der Waals surface area (Å²) in [5.41, 5.74) is 2.47. The standard InChI is InChI=1S/C8H15N5S/c1-5-4-11-7(14-5)6(2)12-8(10-3)13-9/h4,6H,9H2,1-3H3,(H2,10,12,13). The Balaban J connectivity index is 2.62. The van der Waals surface area contributed by atoms with Gasteiger partial charge in [-0.1, -0.05) is 0 Å². The molecule has 0 saturated heterocycles. The summed E-state index contributed by atoms with van der Waals surface area (Å²) >= 11 is 1.66. The number of guanidine groups is 1. The van der Waals surface area contributed by atoms with Crippen molar-refractivity contribution in [3.63, 3.8) is 0 Å². The first kappa shape index (κ1) is 10.9. The van der Waals surface area contributed by atoms with E-state index >= 15 is 0 Å². The van der Waals surface area contributed by atoms with Crippen molar-refractivity contribution >= 4 is 17.3 Å². The van der Waals surface area contributed by atoms with E-state index in [-0.39, 0.29) is 6.04 Å². The van der Waals surface area contributed by atoms with E-state index in [0.717, 1.165) is 5.01 Å². The molecule has 1 unspecified atom stereocenters. The van der Waals surface area contributed by atoms with Gasteiger partial charge in [0.15, 0.2) is 0 Å². The summed E-state index contributed by atoms with van der Waals surface area (Å²) in [6, 6.07) is 0.114. The number of aromatic nitrogens is 1. The summed E-state index contributed by atoms with van der Waals surface area (Å²) in [4.78, 5) is 9.39. The van der Waals surface area contributed by atoms with Crippen LogP contribution in [0.2, 0.25) is 0 Å². The van der Waals surface area contributed by atoms with Gasteiger partial charge in [0.05, 0.1) is 6.04 Å². The fraction of sp³-hybridized carbons (Fsp3) is 0.500. The van der Waals surface area contributed by atoms with Crippen LogP contribution in [0.5, 0.6) is 0 Å². The van der Waals surface area contributed by atoms with Crippen molar-refractivity contribution in [2.75, 3.05) is 7.05 Å². The SMILES string of the molecule is CN=C(NN)NC(C)c1ncc(C)s1. The molecule has 6 heteroatoms. The molecule has 0 aliphatic carbocycles. The van der Waals surface area contributed by atoms with Crippen molar-refractivity contribution in [2.45, 2.75) is 19.9 Å². The third-order valence-corrected chi connectivity index (χ3v) is 2.82. The minimum absolute atomic E-state index is 0.114. The average molecular weight is 213 g/mol. The lowest BCUT2D eigenvalue weighted by Crippen LogP contribution is -2.42. The van der Waals surface area contributed by atoms with Gasteiger partial charge in [-0.3, -0.25) is 10.4 Å². The van der Waals surface area contributed by atoms with Crippen LogP contribution < -0.4 is 16.6 Å². The molecule has 1 aromatic heterocycles. The van der Waals surface area contributed by atoms with Crippen molar-refractivity contribution < 1.29 is 0 Å². The maximum atomic E-state index is 5.25. The highest BCUT2D eigenvalue weighted by molar-refractivity contribution is 7.11. The lowest BCUT2D eigenvalue weighted by atomic mass is 10.4. The average Bonchev–Trinajstić information content (AvgIpc) is 2.61. The van der Waals surface area contributed by atoms with E-state index in [1.165, 1.54) is 4.88 Å². The minimum atomic E-state index is 0.114. The van der Waals surface area contributed by atoms with Crippen LogP contribution in [0.15, 0.2) is 11.2 Å². The smallest absolute Gasteiger partial charge is 0.206 e. The highest BCUT2D eigenvalue weighted by atomic mass is 32.1. The third-order valence-electron chi connectivity index (χ3n) is 1.72. The number of nitrogens with two attached hydrogens (primary N) is 1. The van der Waals surface area contributed by atoms with Crippen LogP contribution in [0.3, 0.4) is 0 Å². The first-order chi connectivity index (χ1) is 6.67. The van der Waals surface area contributed by atoms with E-state index in [0.29, 0.717) is 5.96 Å². The van der Waals surface area contributed by atoms with Gasteiger partial charge in [-0.05, 0) is 13.8 Å². The predicted octanol–water partition coefficient (Wildman–Crippen LogP) is 0.551. The highest BCUT2D eigenvalue weighted by Crippen LogP contribution is 2.18. The molecule has 0 saturated carbocycles. The van der Waals surface area contributed by atoms with E-state index in [1.54, 1.807) is 18.4 Å². The lowest BCUT2D eigenvalue weighted by Gasteiger charge is -2.13. The molecule has 0 aromatic carbocycles. The van der Waals surface area contributed by atoms with Gasteiger partial charge in [0, 0.05) is 18.1 Å². The van der Waals surface area contributed by atoms with Crippen LogP contribution in [-0.2, 0) is 0 Å². The van der Waals surface area contributed by atoms with Crippen LogP contribution in [0.4, 0.5) is 0 Å². The van der Waals surface area contributed by atoms with Gasteiger partial charge in [0.25, 0.3) is 0 Å². The molecule has 4 N–H and O–H groups in total. The maximum absolute atomic E-state index is 5.25. The molecule has 0 radical (unpaired) electrons. The zero-order valence-corrected chi connectivity index (χ0v) is 9.35. The third kappa shape index (κ3) is 2.68. The van der Waals surface area contributed by atoms with Crippen LogP contribution in [-0.4, -0.2) is 18.0 Å². The number of hydrazine groups is 1. The van der Waals surface area contributed by atoms with Gasteiger partial charge in [-0.2, -0.15) is 0 Å². The second kappa shape index (κ2) is 4.92. The number of thiazole rings is 1. The van der Waals surface area contributed by atoms with E-state index in [1.807, 2.05) is 20.0 Å². The number of aryl methyl sites for hydroxylation is 1. The van der Waals surface area contributed by atoms with Gasteiger partial charge in [-0.25, -0.2) is 10.8 Å². The molecule has 0 bridgehead atoms. The summed E-state index contributed by atoms with van der Waals surface area (Å²) in [5.74, 6) is 5.82. The van der Waals surface area contributed by atoms with Crippen molar-refractivity contribution in [2.24, 2.45) is 10.8 Å². The van der Waals surface area contributed by atoms with Gasteiger partial charge >= 0.3 is 0 Å². The topological polar surface area (TPSA) is 75.3 Å². The fourth-order valence-corrected chi connectivity index (χ4v) is 1.79. The van der Waals surface area contributed by atoms with Crippen LogP contribution in [0.1, 0.15) is 22.9 Å². The minimum Gasteiger partial charge on any atom is -0.346 e. The number of nitrogens with one attached hydrogen (secondary N) is 2. The van der Waals surface area contributed by atoms with Crippen LogP contribution in [0.25, 0.3) is 0 Å². The Hall–Kier alpha value is -1.14. The van der Waals surface area contributed by atoms with E-state index in [9.17, 15) is 0 Å². The molecule has 78 valence electrons. The lowest BCUT2D eigenvalue weighted by molar-refractivity contribution is 0.686. The summed E-state index contributed by atoms with van der Waals surface area (Å²) < 4.78 is 0. The zero-order valence-electron chi connectivity index (χ0n) is 8.53. The van der Waals surface area contributed by atoms with E-state index < -0.39 is 0 Å². The highest BCUT2D eigenvalue weighted by Gasteiger charge is 2.09. The molecule has 1 aromatic rings. The number of nitrogens with zero attached hydrogens (tertiary/aromatic N) is 2. The van der Waals surface area contributed by atoms with Crippen LogP contribution in [0, 0.1) is 6.92 Å². The Morgan fingerprint density at radius 2 is 2.43 bits per heavy atom. The Labute approximate surface area is 87.4 Å². The molecule has 1 heterocycles. The number of hydrogen-bond acceptors (Lipinski definition) is 4. The molecular weight excluding hydrogens is 198 g/mol. The number of rotatable bonds is 2. The van der Waals surface area contributed by atoms with Gasteiger partial charge in [0.1, 0.15) is 5.01 Å². The van der Waals surface area contributed by atoms with Crippen molar-refractivity contribution in [3.8, 4) is 0 Å².